The number of anilines is 1. The number of nitrogens with one attached hydrogen (secondary N) is 1. The Hall–Kier alpha value is -3.85. The van der Waals surface area contributed by atoms with Gasteiger partial charge >= 0.3 is 0 Å². The number of hydrogen-bond donors (Lipinski definition) is 1. The van der Waals surface area contributed by atoms with Gasteiger partial charge in [0.1, 0.15) is 18.3 Å². The predicted molar refractivity (Wildman–Crippen MR) is 153 cm³/mol. The van der Waals surface area contributed by atoms with Crippen LogP contribution < -0.4 is 14.4 Å². The predicted octanol–water partition coefficient (Wildman–Crippen LogP) is 4.53. The maximum absolute atomic E-state index is 14.1. The van der Waals surface area contributed by atoms with Crippen LogP contribution in [0.25, 0.3) is 0 Å². The molecule has 0 aliphatic rings. The third-order valence-electron chi connectivity index (χ3n) is 6.49. The number of carbonyl (C=O) groups excluding carboxylic acids is 2. The molecule has 39 heavy (non-hydrogen) atoms. The van der Waals surface area contributed by atoms with Crippen molar-refractivity contribution >= 4 is 27.5 Å². The molecular weight excluding hydrogens is 514 g/mol. The summed E-state index contributed by atoms with van der Waals surface area (Å²) in [6.45, 7) is 5.90. The molecule has 0 aromatic heterocycles. The lowest BCUT2D eigenvalue weighted by molar-refractivity contribution is -0.140. The van der Waals surface area contributed by atoms with Gasteiger partial charge in [-0.25, -0.2) is 8.42 Å². The summed E-state index contributed by atoms with van der Waals surface area (Å²) in [5.41, 5.74) is 2.14. The van der Waals surface area contributed by atoms with E-state index in [4.69, 9.17) is 4.74 Å². The molecular formula is C30H37N3O5S. The van der Waals surface area contributed by atoms with Gasteiger partial charge in [0.05, 0.1) is 17.7 Å². The van der Waals surface area contributed by atoms with E-state index in [0.29, 0.717) is 18.7 Å². The number of ether oxygens (including phenoxy) is 1. The first-order chi connectivity index (χ1) is 18.7. The molecule has 3 aromatic rings. The van der Waals surface area contributed by atoms with Gasteiger partial charge in [-0.3, -0.25) is 13.9 Å². The maximum Gasteiger partial charge on any atom is 0.264 e. The van der Waals surface area contributed by atoms with Gasteiger partial charge < -0.3 is 15.0 Å². The minimum atomic E-state index is -4.13. The Kier molecular flexibility index (Phi) is 10.5. The summed E-state index contributed by atoms with van der Waals surface area (Å²) in [6, 6.07) is 21.4. The van der Waals surface area contributed by atoms with Crippen molar-refractivity contribution in [2.45, 2.75) is 51.1 Å². The highest BCUT2D eigenvalue weighted by molar-refractivity contribution is 7.92. The van der Waals surface area contributed by atoms with E-state index in [9.17, 15) is 18.0 Å². The number of rotatable bonds is 13. The number of methoxy groups -OCH3 is 1. The topological polar surface area (TPSA) is 96.0 Å². The zero-order chi connectivity index (χ0) is 28.4. The Morgan fingerprint density at radius 1 is 0.949 bits per heavy atom. The lowest BCUT2D eigenvalue weighted by atomic mass is 10.1. The Balaban J connectivity index is 2.07. The fraction of sp³-hybridized carbons (Fsp3) is 0.333. The molecule has 1 N–H and O–H groups in total. The number of carbonyl (C=O) groups is 2. The summed E-state index contributed by atoms with van der Waals surface area (Å²) in [6.07, 6.45) is 1.13. The second-order valence-corrected chi connectivity index (χ2v) is 11.1. The van der Waals surface area contributed by atoms with Crippen LogP contribution in [0.5, 0.6) is 5.75 Å². The summed E-state index contributed by atoms with van der Waals surface area (Å²) in [5.74, 6) is -0.297. The summed E-state index contributed by atoms with van der Waals surface area (Å²) in [7, 11) is -2.63. The minimum Gasteiger partial charge on any atom is -0.497 e. The lowest BCUT2D eigenvalue weighted by Gasteiger charge is -2.33. The average Bonchev–Trinajstić information content (AvgIpc) is 2.95. The van der Waals surface area contributed by atoms with Crippen LogP contribution in [0.4, 0.5) is 5.69 Å². The molecule has 0 spiro atoms. The summed E-state index contributed by atoms with van der Waals surface area (Å²) in [4.78, 5) is 28.8. The van der Waals surface area contributed by atoms with E-state index in [1.54, 1.807) is 42.5 Å². The highest BCUT2D eigenvalue weighted by Gasteiger charge is 2.33. The monoisotopic (exact) mass is 551 g/mol. The van der Waals surface area contributed by atoms with E-state index in [1.165, 1.54) is 24.1 Å². The third kappa shape index (κ3) is 7.38. The third-order valence-corrected chi connectivity index (χ3v) is 8.28. The summed E-state index contributed by atoms with van der Waals surface area (Å²) < 4.78 is 34.1. The Bertz CT molecular complexity index is 1360. The van der Waals surface area contributed by atoms with Crippen molar-refractivity contribution in [2.75, 3.05) is 24.5 Å². The van der Waals surface area contributed by atoms with Crippen molar-refractivity contribution in [1.29, 1.82) is 0 Å². The molecule has 0 saturated heterocycles. The normalized spacial score (nSPS) is 11.9. The van der Waals surface area contributed by atoms with E-state index < -0.39 is 28.5 Å². The van der Waals surface area contributed by atoms with Crippen LogP contribution in [0.2, 0.25) is 0 Å². The number of nitrogens with zero attached hydrogens (tertiary/aromatic N) is 2. The molecule has 1 atom stereocenters. The fourth-order valence-corrected chi connectivity index (χ4v) is 5.70. The van der Waals surface area contributed by atoms with E-state index in [0.717, 1.165) is 21.9 Å². The van der Waals surface area contributed by atoms with Crippen LogP contribution >= 0.6 is 0 Å². The summed E-state index contributed by atoms with van der Waals surface area (Å²) >= 11 is 0. The zero-order valence-corrected chi connectivity index (χ0v) is 23.8. The van der Waals surface area contributed by atoms with E-state index >= 15 is 0 Å². The lowest BCUT2D eigenvalue weighted by Crippen LogP contribution is -2.52. The van der Waals surface area contributed by atoms with E-state index in [-0.39, 0.29) is 23.0 Å². The highest BCUT2D eigenvalue weighted by atomic mass is 32.2. The van der Waals surface area contributed by atoms with Gasteiger partial charge in [-0.15, -0.1) is 0 Å². The van der Waals surface area contributed by atoms with Crippen LogP contribution in [0.3, 0.4) is 0 Å². The van der Waals surface area contributed by atoms with Gasteiger partial charge in [0.15, 0.2) is 0 Å². The Labute approximate surface area is 231 Å². The molecule has 8 nitrogen and oxygen atoms in total. The SMILES string of the molecule is CCCNC(=O)[C@H](CC)N(Cc1ccccc1C)C(=O)CN(c1cccc(OC)c1)S(=O)(=O)c1ccccc1. The molecule has 9 heteroatoms. The van der Waals surface area contributed by atoms with E-state index in [2.05, 4.69) is 5.32 Å². The first-order valence-electron chi connectivity index (χ1n) is 13.1. The van der Waals surface area contributed by atoms with Crippen LogP contribution in [0, 0.1) is 6.92 Å². The standard InChI is InChI=1S/C30H37N3O5S/c1-5-19-31-30(35)28(6-2)32(21-24-14-11-10-13-23(24)3)29(34)22-33(25-15-12-16-26(20-25)38-4)39(36,37)27-17-8-7-9-18-27/h7-18,20,28H,5-6,19,21-22H2,1-4H3,(H,31,35)/t28-/m0/s1. The number of benzene rings is 3. The van der Waals surface area contributed by atoms with Gasteiger partial charge in [0.25, 0.3) is 10.0 Å². The van der Waals surface area contributed by atoms with Gasteiger partial charge in [-0.1, -0.05) is 62.4 Å². The van der Waals surface area contributed by atoms with Crippen molar-refractivity contribution in [3.63, 3.8) is 0 Å². The molecule has 0 heterocycles. The smallest absolute Gasteiger partial charge is 0.264 e. The second kappa shape index (κ2) is 13.8. The van der Waals surface area contributed by atoms with Gasteiger partial charge in [0.2, 0.25) is 11.8 Å². The largest absolute Gasteiger partial charge is 0.497 e. The number of amides is 2. The summed E-state index contributed by atoms with van der Waals surface area (Å²) in [5, 5.41) is 2.89. The average molecular weight is 552 g/mol. The fourth-order valence-electron chi connectivity index (χ4n) is 4.27. The highest BCUT2D eigenvalue weighted by Crippen LogP contribution is 2.28. The van der Waals surface area contributed by atoms with Crippen LogP contribution in [-0.2, 0) is 26.2 Å². The van der Waals surface area contributed by atoms with Gasteiger partial charge in [-0.05, 0) is 55.2 Å². The molecule has 2 amide bonds. The van der Waals surface area contributed by atoms with Crippen LogP contribution in [0.15, 0.2) is 83.8 Å². The molecule has 3 rings (SSSR count). The molecule has 0 aliphatic heterocycles. The number of sulfonamides is 1. The van der Waals surface area contributed by atoms with Crippen LogP contribution in [-0.4, -0.2) is 51.4 Å². The molecule has 0 fully saturated rings. The number of aryl methyl sites for hydroxylation is 1. The Morgan fingerprint density at radius 2 is 1.64 bits per heavy atom. The van der Waals surface area contributed by atoms with Crippen molar-refractivity contribution in [3.05, 3.63) is 90.0 Å². The molecule has 3 aromatic carbocycles. The molecule has 208 valence electrons. The van der Waals surface area contributed by atoms with Crippen molar-refractivity contribution in [3.8, 4) is 5.75 Å². The first-order valence-corrected chi connectivity index (χ1v) is 14.5. The minimum absolute atomic E-state index is 0.0544. The van der Waals surface area contributed by atoms with Gasteiger partial charge in [0, 0.05) is 19.2 Å². The molecule has 0 bridgehead atoms. The zero-order valence-electron chi connectivity index (χ0n) is 23.0. The number of hydrogen-bond acceptors (Lipinski definition) is 5. The molecule has 0 aliphatic carbocycles. The van der Waals surface area contributed by atoms with Crippen molar-refractivity contribution in [2.24, 2.45) is 0 Å². The van der Waals surface area contributed by atoms with Crippen molar-refractivity contribution < 1.29 is 22.7 Å². The van der Waals surface area contributed by atoms with Crippen molar-refractivity contribution in [1.82, 2.24) is 10.2 Å². The van der Waals surface area contributed by atoms with E-state index in [1.807, 2.05) is 45.0 Å². The van der Waals surface area contributed by atoms with Crippen LogP contribution in [0.1, 0.15) is 37.8 Å². The second-order valence-electron chi connectivity index (χ2n) is 9.19. The first kappa shape index (κ1) is 29.7. The molecule has 0 saturated carbocycles. The molecule has 0 unspecified atom stereocenters. The molecule has 0 radical (unpaired) electrons. The van der Waals surface area contributed by atoms with Gasteiger partial charge in [-0.2, -0.15) is 0 Å². The Morgan fingerprint density at radius 3 is 2.28 bits per heavy atom. The maximum atomic E-state index is 14.1. The quantitative estimate of drug-likeness (QED) is 0.337.